The number of carbonyl (C=O) groups is 3. The zero-order valence-electron chi connectivity index (χ0n) is 16.2. The van der Waals surface area contributed by atoms with Gasteiger partial charge in [0.25, 0.3) is 11.8 Å². The van der Waals surface area contributed by atoms with Crippen LogP contribution in [0.4, 0.5) is 0 Å². The second-order valence-corrected chi connectivity index (χ2v) is 8.97. The van der Waals surface area contributed by atoms with E-state index < -0.39 is 17.8 Å². The smallest absolute Gasteiger partial charge is 0.308 e. The standard InChI is InChI=1S/C20H15Cl2N3O4S2/c1-9(24-25-20(28)16-6-5-15(31-16)19(23)27)12-8-30-18(17(12)29-10(2)26)11-3-4-13(21)14(22)7-11/h3-8H,1-2H3,(H2,23,27)(H,25,28). The summed E-state index contributed by atoms with van der Waals surface area (Å²) < 4.78 is 5.44. The molecule has 2 aromatic heterocycles. The summed E-state index contributed by atoms with van der Waals surface area (Å²) >= 11 is 14.4. The minimum absolute atomic E-state index is 0.270. The van der Waals surface area contributed by atoms with Crippen LogP contribution in [0.2, 0.25) is 10.0 Å². The number of amides is 2. The van der Waals surface area contributed by atoms with Crippen LogP contribution in [-0.2, 0) is 4.79 Å². The summed E-state index contributed by atoms with van der Waals surface area (Å²) in [7, 11) is 0. The van der Waals surface area contributed by atoms with Crippen LogP contribution in [0.1, 0.15) is 38.8 Å². The lowest BCUT2D eigenvalue weighted by Crippen LogP contribution is -2.18. The number of nitrogens with zero attached hydrogens (tertiary/aromatic N) is 1. The van der Waals surface area contributed by atoms with E-state index >= 15 is 0 Å². The summed E-state index contributed by atoms with van der Waals surface area (Å²) in [5.41, 5.74) is 9.30. The topological polar surface area (TPSA) is 111 Å². The van der Waals surface area contributed by atoms with Gasteiger partial charge in [0.05, 0.1) is 36.0 Å². The molecule has 0 fully saturated rings. The van der Waals surface area contributed by atoms with Crippen molar-refractivity contribution < 1.29 is 19.1 Å². The Hall–Kier alpha value is -2.72. The molecule has 2 amide bonds. The molecule has 2 heterocycles. The van der Waals surface area contributed by atoms with Gasteiger partial charge in [-0.3, -0.25) is 14.4 Å². The molecule has 0 radical (unpaired) electrons. The zero-order valence-corrected chi connectivity index (χ0v) is 19.3. The van der Waals surface area contributed by atoms with E-state index in [0.717, 1.165) is 16.9 Å². The number of esters is 1. The Balaban J connectivity index is 1.90. The molecule has 3 aromatic rings. The summed E-state index contributed by atoms with van der Waals surface area (Å²) in [5, 5.41) is 6.64. The summed E-state index contributed by atoms with van der Waals surface area (Å²) in [5.74, 6) is -1.30. The van der Waals surface area contributed by atoms with Gasteiger partial charge in [0.1, 0.15) is 0 Å². The number of rotatable bonds is 6. The van der Waals surface area contributed by atoms with Crippen LogP contribution in [0.25, 0.3) is 10.4 Å². The van der Waals surface area contributed by atoms with Crippen LogP contribution in [0.3, 0.4) is 0 Å². The highest BCUT2D eigenvalue weighted by molar-refractivity contribution is 7.16. The molecule has 0 saturated heterocycles. The van der Waals surface area contributed by atoms with Gasteiger partial charge in [0.2, 0.25) is 0 Å². The van der Waals surface area contributed by atoms with Crippen LogP contribution >= 0.6 is 45.9 Å². The Morgan fingerprint density at radius 3 is 2.39 bits per heavy atom. The van der Waals surface area contributed by atoms with E-state index in [0.29, 0.717) is 31.9 Å². The molecule has 0 aliphatic carbocycles. The zero-order chi connectivity index (χ0) is 22.7. The fourth-order valence-electron chi connectivity index (χ4n) is 2.52. The minimum atomic E-state index is -0.608. The number of nitrogens with two attached hydrogens (primary N) is 1. The lowest BCUT2D eigenvalue weighted by molar-refractivity contribution is -0.131. The van der Waals surface area contributed by atoms with Crippen LogP contribution < -0.4 is 15.9 Å². The highest BCUT2D eigenvalue weighted by Gasteiger charge is 2.20. The Bertz CT molecular complexity index is 1220. The van der Waals surface area contributed by atoms with Crippen molar-refractivity contribution in [1.29, 1.82) is 0 Å². The molecule has 31 heavy (non-hydrogen) atoms. The van der Waals surface area contributed by atoms with Crippen molar-refractivity contribution in [2.45, 2.75) is 13.8 Å². The number of ether oxygens (including phenoxy) is 1. The second kappa shape index (κ2) is 9.61. The molecule has 0 atom stereocenters. The Morgan fingerprint density at radius 2 is 1.77 bits per heavy atom. The van der Waals surface area contributed by atoms with Crippen molar-refractivity contribution in [1.82, 2.24) is 5.43 Å². The first-order chi connectivity index (χ1) is 14.7. The number of hydrogen-bond donors (Lipinski definition) is 2. The number of hydrazone groups is 1. The fraction of sp³-hybridized carbons (Fsp3) is 0.100. The molecule has 7 nitrogen and oxygen atoms in total. The van der Waals surface area contributed by atoms with Crippen molar-refractivity contribution in [2.75, 3.05) is 0 Å². The van der Waals surface area contributed by atoms with E-state index in [9.17, 15) is 14.4 Å². The third-order valence-corrected chi connectivity index (χ3v) is 6.81. The molecule has 0 aliphatic heterocycles. The Labute approximate surface area is 195 Å². The average molecular weight is 496 g/mol. The largest absolute Gasteiger partial charge is 0.424 e. The summed E-state index contributed by atoms with van der Waals surface area (Å²) in [4.78, 5) is 36.4. The molecular weight excluding hydrogens is 481 g/mol. The van der Waals surface area contributed by atoms with Gasteiger partial charge in [0.15, 0.2) is 5.75 Å². The molecule has 0 bridgehead atoms. The van der Waals surface area contributed by atoms with E-state index in [2.05, 4.69) is 10.5 Å². The molecule has 0 aliphatic rings. The van der Waals surface area contributed by atoms with Crippen molar-refractivity contribution in [3.8, 4) is 16.2 Å². The SMILES string of the molecule is CC(=O)Oc1c(C(C)=NNC(=O)c2ccc(C(N)=O)s2)csc1-c1ccc(Cl)c(Cl)c1. The highest BCUT2D eigenvalue weighted by Crippen LogP contribution is 2.41. The van der Waals surface area contributed by atoms with E-state index in [1.54, 1.807) is 30.5 Å². The van der Waals surface area contributed by atoms with Crippen LogP contribution in [0, 0.1) is 0 Å². The van der Waals surface area contributed by atoms with Gasteiger partial charge in [0, 0.05) is 12.3 Å². The first kappa shape index (κ1) is 23.0. The maximum absolute atomic E-state index is 12.3. The molecule has 3 N–H and O–H groups in total. The molecule has 0 saturated carbocycles. The van der Waals surface area contributed by atoms with Crippen molar-refractivity contribution >= 4 is 69.4 Å². The summed E-state index contributed by atoms with van der Waals surface area (Å²) in [6, 6.07) is 8.05. The van der Waals surface area contributed by atoms with Gasteiger partial charge in [-0.15, -0.1) is 22.7 Å². The van der Waals surface area contributed by atoms with Crippen molar-refractivity contribution in [3.05, 3.63) is 61.1 Å². The Morgan fingerprint density at radius 1 is 1.06 bits per heavy atom. The first-order valence-corrected chi connectivity index (χ1v) is 11.1. The molecule has 0 spiro atoms. The number of carbonyl (C=O) groups excluding carboxylic acids is 3. The predicted molar refractivity (Wildman–Crippen MR) is 124 cm³/mol. The van der Waals surface area contributed by atoms with E-state index in [1.807, 2.05) is 0 Å². The number of hydrogen-bond acceptors (Lipinski definition) is 7. The third-order valence-electron chi connectivity index (χ3n) is 3.96. The molecule has 3 rings (SSSR count). The maximum Gasteiger partial charge on any atom is 0.308 e. The molecular formula is C20H15Cl2N3O4S2. The average Bonchev–Trinajstić information content (AvgIpc) is 3.35. The molecule has 160 valence electrons. The van der Waals surface area contributed by atoms with Gasteiger partial charge in [-0.05, 0) is 36.8 Å². The van der Waals surface area contributed by atoms with Crippen LogP contribution in [0.15, 0.2) is 40.8 Å². The van der Waals surface area contributed by atoms with Gasteiger partial charge in [-0.2, -0.15) is 5.10 Å². The maximum atomic E-state index is 12.3. The lowest BCUT2D eigenvalue weighted by atomic mass is 10.1. The third kappa shape index (κ3) is 5.31. The second-order valence-electron chi connectivity index (χ2n) is 6.20. The quantitative estimate of drug-likeness (QED) is 0.285. The number of primary amides is 1. The van der Waals surface area contributed by atoms with Gasteiger partial charge in [-0.25, -0.2) is 5.43 Å². The fourth-order valence-corrected chi connectivity index (χ4v) is 4.60. The van der Waals surface area contributed by atoms with Crippen molar-refractivity contribution in [3.63, 3.8) is 0 Å². The van der Waals surface area contributed by atoms with E-state index in [-0.39, 0.29) is 9.75 Å². The predicted octanol–water partition coefficient (Wildman–Crippen LogP) is 4.96. The number of benzene rings is 1. The molecule has 1 aromatic carbocycles. The van der Waals surface area contributed by atoms with Crippen LogP contribution in [0.5, 0.6) is 5.75 Å². The summed E-state index contributed by atoms with van der Waals surface area (Å²) in [6.45, 7) is 2.96. The van der Waals surface area contributed by atoms with E-state index in [4.69, 9.17) is 33.7 Å². The monoisotopic (exact) mass is 495 g/mol. The normalized spacial score (nSPS) is 11.3. The summed E-state index contributed by atoms with van der Waals surface area (Å²) in [6.07, 6.45) is 0. The van der Waals surface area contributed by atoms with Gasteiger partial charge >= 0.3 is 5.97 Å². The molecule has 0 unspecified atom stereocenters. The van der Waals surface area contributed by atoms with Gasteiger partial charge < -0.3 is 10.5 Å². The van der Waals surface area contributed by atoms with Crippen molar-refractivity contribution in [2.24, 2.45) is 10.8 Å². The first-order valence-electron chi connectivity index (χ1n) is 8.67. The van der Waals surface area contributed by atoms with Crippen LogP contribution in [-0.4, -0.2) is 23.5 Å². The minimum Gasteiger partial charge on any atom is -0.424 e. The molecule has 11 heteroatoms. The Kier molecular flexibility index (Phi) is 7.11. The number of halogens is 2. The van der Waals surface area contributed by atoms with E-state index in [1.165, 1.54) is 30.4 Å². The lowest BCUT2D eigenvalue weighted by Gasteiger charge is -2.08. The highest BCUT2D eigenvalue weighted by atomic mass is 35.5. The van der Waals surface area contributed by atoms with Gasteiger partial charge in [-0.1, -0.05) is 29.3 Å². The number of thiophene rings is 2. The number of nitrogens with one attached hydrogen (secondary N) is 1.